The number of hydrogen-bond donors (Lipinski definition) is 2. The van der Waals surface area contributed by atoms with Crippen molar-refractivity contribution in [2.75, 3.05) is 0 Å². The summed E-state index contributed by atoms with van der Waals surface area (Å²) >= 11 is 0. The summed E-state index contributed by atoms with van der Waals surface area (Å²) in [5.74, 6) is -0.420. The highest BCUT2D eigenvalue weighted by molar-refractivity contribution is 5.77. The fraction of sp³-hybridized carbons (Fsp3) is 0.300. The van der Waals surface area contributed by atoms with E-state index in [4.69, 9.17) is 4.74 Å². The molecule has 0 aromatic heterocycles. The Hall–Kier alpha value is -1.71. The van der Waals surface area contributed by atoms with E-state index in [1.165, 1.54) is 12.1 Å². The number of benzene rings is 1. The van der Waals surface area contributed by atoms with Gasteiger partial charge in [-0.05, 0) is 12.0 Å². The Balaban J connectivity index is 2.54. The highest BCUT2D eigenvalue weighted by Gasteiger charge is 2.25. The first-order valence-electron chi connectivity index (χ1n) is 4.34. The summed E-state index contributed by atoms with van der Waals surface area (Å²) in [5.41, 5.74) is 0.750. The topological polar surface area (TPSA) is 66.8 Å². The lowest BCUT2D eigenvalue weighted by molar-refractivity contribution is -0.135. The number of aromatic hydroxyl groups is 2. The minimum Gasteiger partial charge on any atom is -0.504 e. The first kappa shape index (κ1) is 8.87. The van der Waals surface area contributed by atoms with Gasteiger partial charge < -0.3 is 14.9 Å². The van der Waals surface area contributed by atoms with Crippen molar-refractivity contribution in [3.63, 3.8) is 0 Å². The summed E-state index contributed by atoms with van der Waals surface area (Å²) in [5, 5.41) is 18.5. The summed E-state index contributed by atoms with van der Waals surface area (Å²) in [7, 11) is 0. The molecule has 4 nitrogen and oxygen atoms in total. The van der Waals surface area contributed by atoms with E-state index in [0.29, 0.717) is 12.2 Å². The van der Waals surface area contributed by atoms with Gasteiger partial charge in [0.05, 0.1) is 6.42 Å². The SMILES string of the molecule is C[C@H]1CC(=O)Oc2cc(O)c(O)cc21. The maximum Gasteiger partial charge on any atom is 0.311 e. The van der Waals surface area contributed by atoms with Gasteiger partial charge in [-0.1, -0.05) is 6.92 Å². The molecule has 0 fully saturated rings. The molecule has 1 aliphatic heterocycles. The highest BCUT2D eigenvalue weighted by Crippen LogP contribution is 2.40. The van der Waals surface area contributed by atoms with Gasteiger partial charge in [0.1, 0.15) is 5.75 Å². The Morgan fingerprint density at radius 1 is 1.36 bits per heavy atom. The molecule has 1 atom stereocenters. The van der Waals surface area contributed by atoms with Crippen LogP contribution in [0.3, 0.4) is 0 Å². The summed E-state index contributed by atoms with van der Waals surface area (Å²) in [6, 6.07) is 2.69. The molecule has 1 aromatic rings. The molecule has 0 amide bonds. The quantitative estimate of drug-likeness (QED) is 0.373. The Morgan fingerprint density at radius 2 is 2.00 bits per heavy atom. The van der Waals surface area contributed by atoms with Gasteiger partial charge in [-0.3, -0.25) is 4.79 Å². The van der Waals surface area contributed by atoms with Crippen LogP contribution in [0.5, 0.6) is 17.2 Å². The van der Waals surface area contributed by atoms with Gasteiger partial charge in [-0.25, -0.2) is 0 Å². The normalized spacial score (nSPS) is 20.1. The molecule has 2 rings (SSSR count). The van der Waals surface area contributed by atoms with Crippen molar-refractivity contribution < 1.29 is 19.7 Å². The predicted octanol–water partition coefficient (Wildman–Crippen LogP) is 1.51. The number of ether oxygens (including phenoxy) is 1. The van der Waals surface area contributed by atoms with Gasteiger partial charge in [0.2, 0.25) is 0 Å². The minimum atomic E-state index is -0.310. The molecule has 74 valence electrons. The fourth-order valence-electron chi connectivity index (χ4n) is 1.57. The third-order valence-electron chi connectivity index (χ3n) is 2.33. The highest BCUT2D eigenvalue weighted by atomic mass is 16.5. The van der Waals surface area contributed by atoms with Crippen LogP contribution in [0, 0.1) is 0 Å². The van der Waals surface area contributed by atoms with E-state index < -0.39 is 0 Å². The number of carbonyl (C=O) groups is 1. The second-order valence-corrected chi connectivity index (χ2v) is 3.46. The zero-order valence-corrected chi connectivity index (χ0v) is 7.65. The number of phenols is 2. The summed E-state index contributed by atoms with van der Waals surface area (Å²) < 4.78 is 4.93. The van der Waals surface area contributed by atoms with Gasteiger partial charge >= 0.3 is 5.97 Å². The number of esters is 1. The van der Waals surface area contributed by atoms with Crippen molar-refractivity contribution in [3.05, 3.63) is 17.7 Å². The summed E-state index contributed by atoms with van der Waals surface area (Å²) in [6.07, 6.45) is 0.303. The van der Waals surface area contributed by atoms with Gasteiger partial charge in [-0.15, -0.1) is 0 Å². The second-order valence-electron chi connectivity index (χ2n) is 3.46. The molecular weight excluding hydrogens is 184 g/mol. The smallest absolute Gasteiger partial charge is 0.311 e. The molecule has 2 N–H and O–H groups in total. The Kier molecular flexibility index (Phi) is 1.84. The van der Waals surface area contributed by atoms with Crippen LogP contribution in [0.1, 0.15) is 24.8 Å². The average molecular weight is 194 g/mol. The van der Waals surface area contributed by atoms with Crippen LogP contribution in [0.4, 0.5) is 0 Å². The molecule has 0 saturated heterocycles. The molecule has 0 aliphatic carbocycles. The number of carbonyl (C=O) groups excluding carboxylic acids is 1. The zero-order valence-electron chi connectivity index (χ0n) is 7.65. The third-order valence-corrected chi connectivity index (χ3v) is 2.33. The van der Waals surface area contributed by atoms with Crippen molar-refractivity contribution in [3.8, 4) is 17.2 Å². The maximum atomic E-state index is 11.1. The lowest BCUT2D eigenvalue weighted by Crippen LogP contribution is -2.18. The van der Waals surface area contributed by atoms with Crippen LogP contribution in [0.25, 0.3) is 0 Å². The van der Waals surface area contributed by atoms with E-state index in [1.807, 2.05) is 6.92 Å². The van der Waals surface area contributed by atoms with Gasteiger partial charge in [-0.2, -0.15) is 0 Å². The molecule has 0 spiro atoms. The molecular formula is C10H10O4. The van der Waals surface area contributed by atoms with Crippen LogP contribution in [0.2, 0.25) is 0 Å². The van der Waals surface area contributed by atoms with E-state index in [1.54, 1.807) is 0 Å². The predicted molar refractivity (Wildman–Crippen MR) is 48.4 cm³/mol. The van der Waals surface area contributed by atoms with E-state index in [2.05, 4.69) is 0 Å². The summed E-state index contributed by atoms with van der Waals surface area (Å²) in [6.45, 7) is 1.87. The molecule has 0 unspecified atom stereocenters. The first-order valence-corrected chi connectivity index (χ1v) is 4.34. The second kappa shape index (κ2) is 2.90. The fourth-order valence-corrected chi connectivity index (χ4v) is 1.57. The largest absolute Gasteiger partial charge is 0.504 e. The van der Waals surface area contributed by atoms with Crippen molar-refractivity contribution in [1.82, 2.24) is 0 Å². The molecule has 0 radical (unpaired) electrons. The minimum absolute atomic E-state index is 0.0118. The standard InChI is InChI=1S/C10H10O4/c1-5-2-10(13)14-9-4-8(12)7(11)3-6(5)9/h3-5,11-12H,2H2,1H3/t5-/m0/s1. The zero-order chi connectivity index (χ0) is 10.3. The van der Waals surface area contributed by atoms with E-state index >= 15 is 0 Å². The Labute approximate surface area is 80.7 Å². The Morgan fingerprint density at radius 3 is 2.71 bits per heavy atom. The molecule has 0 saturated carbocycles. The van der Waals surface area contributed by atoms with Gasteiger partial charge in [0.25, 0.3) is 0 Å². The van der Waals surface area contributed by atoms with E-state index in [9.17, 15) is 15.0 Å². The van der Waals surface area contributed by atoms with Gasteiger partial charge in [0.15, 0.2) is 11.5 Å². The molecule has 14 heavy (non-hydrogen) atoms. The number of phenolic OH excluding ortho intramolecular Hbond substituents is 2. The van der Waals surface area contributed by atoms with Crippen LogP contribution < -0.4 is 4.74 Å². The monoisotopic (exact) mass is 194 g/mol. The molecule has 1 aliphatic rings. The molecule has 0 bridgehead atoms. The number of hydrogen-bond acceptors (Lipinski definition) is 4. The molecule has 4 heteroatoms. The Bertz CT molecular complexity index is 397. The number of fused-ring (bicyclic) bond motifs is 1. The lowest BCUT2D eigenvalue weighted by atomic mass is 9.94. The summed E-state index contributed by atoms with van der Waals surface area (Å²) in [4.78, 5) is 11.1. The van der Waals surface area contributed by atoms with E-state index in [0.717, 1.165) is 5.56 Å². The van der Waals surface area contributed by atoms with Crippen molar-refractivity contribution in [1.29, 1.82) is 0 Å². The maximum absolute atomic E-state index is 11.1. The molecule has 1 heterocycles. The van der Waals surface area contributed by atoms with Gasteiger partial charge in [0, 0.05) is 11.6 Å². The van der Waals surface area contributed by atoms with E-state index in [-0.39, 0.29) is 23.4 Å². The van der Waals surface area contributed by atoms with Crippen LogP contribution in [-0.2, 0) is 4.79 Å². The van der Waals surface area contributed by atoms with Crippen LogP contribution in [-0.4, -0.2) is 16.2 Å². The first-order chi connectivity index (χ1) is 6.58. The number of rotatable bonds is 0. The third kappa shape index (κ3) is 1.28. The van der Waals surface area contributed by atoms with Crippen LogP contribution >= 0.6 is 0 Å². The lowest BCUT2D eigenvalue weighted by Gasteiger charge is -2.21. The average Bonchev–Trinajstić information content (AvgIpc) is 2.08. The van der Waals surface area contributed by atoms with Crippen molar-refractivity contribution in [2.45, 2.75) is 19.3 Å². The molecule has 1 aromatic carbocycles. The van der Waals surface area contributed by atoms with Crippen molar-refractivity contribution >= 4 is 5.97 Å². The van der Waals surface area contributed by atoms with Crippen LogP contribution in [0.15, 0.2) is 12.1 Å². The van der Waals surface area contributed by atoms with Crippen molar-refractivity contribution in [2.24, 2.45) is 0 Å².